The third-order valence-electron chi connectivity index (χ3n) is 2.95. The highest BCUT2D eigenvalue weighted by atomic mass is 16.6. The van der Waals surface area contributed by atoms with Crippen LogP contribution >= 0.6 is 0 Å². The van der Waals surface area contributed by atoms with E-state index in [1.165, 1.54) is 4.57 Å². The lowest BCUT2D eigenvalue weighted by atomic mass is 10.2. The number of hydrogen-bond acceptors (Lipinski definition) is 6. The van der Waals surface area contributed by atoms with Gasteiger partial charge < -0.3 is 20.9 Å². The molecule has 1 fully saturated rings. The Bertz CT molecular complexity index is 514. The number of hydrogen-bond donors (Lipinski definition) is 2. The Hall–Kier alpha value is -1.86. The van der Waals surface area contributed by atoms with Crippen LogP contribution in [0.2, 0.25) is 0 Å². The summed E-state index contributed by atoms with van der Waals surface area (Å²) in [5, 5.41) is 0. The van der Waals surface area contributed by atoms with Gasteiger partial charge in [0.2, 0.25) is 0 Å². The standard InChI is InChI=1S/C12H18N4O3/c1-8(6-13)18-7-9-2-3-11(19-9)16-5-4-10(14)15-12(16)17/h4-5,9,11H,1-3,6-7,13H2,(H2,14,15,17). The summed E-state index contributed by atoms with van der Waals surface area (Å²) in [6, 6.07) is 1.57. The molecule has 0 radical (unpaired) electrons. The first kappa shape index (κ1) is 13.6. The van der Waals surface area contributed by atoms with E-state index in [1.54, 1.807) is 12.3 Å². The summed E-state index contributed by atoms with van der Waals surface area (Å²) in [5.41, 5.74) is 10.4. The average Bonchev–Trinajstić information content (AvgIpc) is 2.84. The molecule has 1 aliphatic heterocycles. The molecule has 19 heavy (non-hydrogen) atoms. The first-order chi connectivity index (χ1) is 9.10. The monoisotopic (exact) mass is 266 g/mol. The second-order valence-electron chi connectivity index (χ2n) is 4.39. The molecule has 0 aliphatic carbocycles. The van der Waals surface area contributed by atoms with Crippen LogP contribution in [0.1, 0.15) is 19.1 Å². The van der Waals surface area contributed by atoms with Gasteiger partial charge in [0.1, 0.15) is 24.4 Å². The van der Waals surface area contributed by atoms with Crippen molar-refractivity contribution in [2.24, 2.45) is 5.73 Å². The largest absolute Gasteiger partial charge is 0.495 e. The minimum atomic E-state index is -0.405. The highest BCUT2D eigenvalue weighted by Crippen LogP contribution is 2.27. The molecule has 4 N–H and O–H groups in total. The molecule has 0 amide bonds. The van der Waals surface area contributed by atoms with Gasteiger partial charge in [-0.1, -0.05) is 6.58 Å². The Morgan fingerprint density at radius 3 is 3.11 bits per heavy atom. The molecule has 1 aliphatic rings. The number of aromatic nitrogens is 2. The van der Waals surface area contributed by atoms with E-state index in [4.69, 9.17) is 20.9 Å². The molecule has 1 aromatic heterocycles. The van der Waals surface area contributed by atoms with Crippen molar-refractivity contribution in [3.63, 3.8) is 0 Å². The van der Waals surface area contributed by atoms with Gasteiger partial charge in [0.25, 0.3) is 0 Å². The molecule has 7 nitrogen and oxygen atoms in total. The van der Waals surface area contributed by atoms with Gasteiger partial charge in [-0.25, -0.2) is 4.79 Å². The Morgan fingerprint density at radius 2 is 2.42 bits per heavy atom. The van der Waals surface area contributed by atoms with Gasteiger partial charge in [0, 0.05) is 6.20 Å². The van der Waals surface area contributed by atoms with E-state index in [1.807, 2.05) is 0 Å². The van der Waals surface area contributed by atoms with Crippen LogP contribution in [0, 0.1) is 0 Å². The normalized spacial score (nSPS) is 22.4. The maximum atomic E-state index is 11.7. The van der Waals surface area contributed by atoms with Crippen LogP contribution < -0.4 is 17.2 Å². The zero-order valence-electron chi connectivity index (χ0n) is 10.6. The second-order valence-corrected chi connectivity index (χ2v) is 4.39. The van der Waals surface area contributed by atoms with Crippen LogP contribution in [0.5, 0.6) is 0 Å². The van der Waals surface area contributed by atoms with E-state index < -0.39 is 5.69 Å². The molecule has 0 spiro atoms. The van der Waals surface area contributed by atoms with E-state index in [0.29, 0.717) is 12.4 Å². The number of nitrogens with two attached hydrogens (primary N) is 2. The highest BCUT2D eigenvalue weighted by Gasteiger charge is 2.27. The van der Waals surface area contributed by atoms with Gasteiger partial charge in [-0.05, 0) is 18.9 Å². The summed E-state index contributed by atoms with van der Waals surface area (Å²) in [6.07, 6.45) is 2.74. The van der Waals surface area contributed by atoms with E-state index in [9.17, 15) is 4.79 Å². The third kappa shape index (κ3) is 3.33. The van der Waals surface area contributed by atoms with Crippen LogP contribution in [0.3, 0.4) is 0 Å². The molecule has 7 heteroatoms. The number of nitrogen functional groups attached to an aromatic ring is 1. The molecule has 2 atom stereocenters. The predicted octanol–water partition coefficient (Wildman–Crippen LogP) is -0.00790. The molecule has 2 heterocycles. The SMILES string of the molecule is C=C(CN)OCC1CCC(n2ccc(N)nc2=O)O1. The van der Waals surface area contributed by atoms with Crippen molar-refractivity contribution >= 4 is 5.82 Å². The lowest BCUT2D eigenvalue weighted by Gasteiger charge is -2.16. The fourth-order valence-corrected chi connectivity index (χ4v) is 1.93. The average molecular weight is 266 g/mol. The molecule has 0 aromatic carbocycles. The number of ether oxygens (including phenoxy) is 2. The molecule has 2 unspecified atom stereocenters. The number of rotatable bonds is 5. The molecule has 1 saturated heterocycles. The van der Waals surface area contributed by atoms with Gasteiger partial charge >= 0.3 is 5.69 Å². The third-order valence-corrected chi connectivity index (χ3v) is 2.95. The molecular weight excluding hydrogens is 248 g/mol. The summed E-state index contributed by atoms with van der Waals surface area (Å²) in [6.45, 7) is 4.33. The van der Waals surface area contributed by atoms with Gasteiger partial charge in [-0.3, -0.25) is 4.57 Å². The van der Waals surface area contributed by atoms with Crippen molar-refractivity contribution in [1.29, 1.82) is 0 Å². The predicted molar refractivity (Wildman–Crippen MR) is 70.2 cm³/mol. The minimum Gasteiger partial charge on any atom is -0.495 e. The lowest BCUT2D eigenvalue weighted by molar-refractivity contribution is -0.0310. The Morgan fingerprint density at radius 1 is 1.63 bits per heavy atom. The Labute approximate surface area is 110 Å². The van der Waals surface area contributed by atoms with Crippen molar-refractivity contribution < 1.29 is 9.47 Å². The van der Waals surface area contributed by atoms with Crippen LogP contribution in [-0.4, -0.2) is 28.8 Å². The van der Waals surface area contributed by atoms with Gasteiger partial charge in [-0.2, -0.15) is 4.98 Å². The van der Waals surface area contributed by atoms with Crippen LogP contribution in [0.15, 0.2) is 29.4 Å². The molecule has 104 valence electrons. The van der Waals surface area contributed by atoms with E-state index in [0.717, 1.165) is 12.8 Å². The van der Waals surface area contributed by atoms with Crippen molar-refractivity contribution in [2.45, 2.75) is 25.2 Å². The smallest absolute Gasteiger partial charge is 0.351 e. The zero-order valence-corrected chi connectivity index (χ0v) is 10.6. The van der Waals surface area contributed by atoms with Gasteiger partial charge in [-0.15, -0.1) is 0 Å². The molecular formula is C12H18N4O3. The van der Waals surface area contributed by atoms with Crippen molar-refractivity contribution in [3.05, 3.63) is 35.1 Å². The van der Waals surface area contributed by atoms with E-state index in [2.05, 4.69) is 11.6 Å². The topological polar surface area (TPSA) is 105 Å². The quantitative estimate of drug-likeness (QED) is 0.726. The first-order valence-electron chi connectivity index (χ1n) is 6.11. The van der Waals surface area contributed by atoms with Crippen molar-refractivity contribution in [1.82, 2.24) is 9.55 Å². The number of anilines is 1. The second kappa shape index (κ2) is 5.85. The summed E-state index contributed by atoms with van der Waals surface area (Å²) in [7, 11) is 0. The van der Waals surface area contributed by atoms with Crippen molar-refractivity contribution in [2.75, 3.05) is 18.9 Å². The summed E-state index contributed by atoms with van der Waals surface area (Å²) >= 11 is 0. The maximum Gasteiger partial charge on any atom is 0.351 e. The fraction of sp³-hybridized carbons (Fsp3) is 0.500. The molecule has 0 saturated carbocycles. The first-order valence-corrected chi connectivity index (χ1v) is 6.11. The maximum absolute atomic E-state index is 11.7. The Kier molecular flexibility index (Phi) is 4.18. The summed E-state index contributed by atoms with van der Waals surface area (Å²) in [4.78, 5) is 15.4. The summed E-state index contributed by atoms with van der Waals surface area (Å²) in [5.74, 6) is 0.733. The van der Waals surface area contributed by atoms with Crippen LogP contribution in [0.25, 0.3) is 0 Å². The van der Waals surface area contributed by atoms with Crippen LogP contribution in [0.4, 0.5) is 5.82 Å². The molecule has 0 bridgehead atoms. The molecule has 2 rings (SSSR count). The van der Waals surface area contributed by atoms with E-state index >= 15 is 0 Å². The number of nitrogens with zero attached hydrogens (tertiary/aromatic N) is 2. The molecule has 1 aromatic rings. The van der Waals surface area contributed by atoms with E-state index in [-0.39, 0.29) is 24.7 Å². The lowest BCUT2D eigenvalue weighted by Crippen LogP contribution is -2.28. The van der Waals surface area contributed by atoms with Gasteiger partial charge in [0.15, 0.2) is 0 Å². The fourth-order valence-electron chi connectivity index (χ4n) is 1.93. The van der Waals surface area contributed by atoms with Crippen molar-refractivity contribution in [3.8, 4) is 0 Å². The zero-order chi connectivity index (χ0) is 13.8. The van der Waals surface area contributed by atoms with Crippen LogP contribution in [-0.2, 0) is 9.47 Å². The van der Waals surface area contributed by atoms with Gasteiger partial charge in [0.05, 0.1) is 12.6 Å². The minimum absolute atomic E-state index is 0.0715. The summed E-state index contributed by atoms with van der Waals surface area (Å²) < 4.78 is 12.5. The highest BCUT2D eigenvalue weighted by molar-refractivity contribution is 5.23. The Balaban J connectivity index is 1.94.